The van der Waals surface area contributed by atoms with E-state index >= 15 is 0 Å². The standard InChI is InChI=1S/C17H22N4O2/c1-12(2)16(17(23)18-11-14-8-9-19-21-14)20-15(22)10-13-6-4-3-5-7-13/h3-9,12,16H,10-11H2,1-2H3,(H,18,23)(H,19,21)(H,20,22). The van der Waals surface area contributed by atoms with Crippen LogP contribution in [0.4, 0.5) is 0 Å². The van der Waals surface area contributed by atoms with Crippen molar-refractivity contribution >= 4 is 11.8 Å². The predicted octanol–water partition coefficient (Wildman–Crippen LogP) is 1.41. The summed E-state index contributed by atoms with van der Waals surface area (Å²) < 4.78 is 0. The van der Waals surface area contributed by atoms with E-state index in [4.69, 9.17) is 0 Å². The zero-order valence-electron chi connectivity index (χ0n) is 13.4. The Morgan fingerprint density at radius 1 is 1.17 bits per heavy atom. The van der Waals surface area contributed by atoms with Crippen LogP contribution in [0.15, 0.2) is 42.6 Å². The zero-order valence-corrected chi connectivity index (χ0v) is 13.4. The van der Waals surface area contributed by atoms with Gasteiger partial charge in [0.15, 0.2) is 0 Å². The van der Waals surface area contributed by atoms with E-state index in [-0.39, 0.29) is 24.2 Å². The van der Waals surface area contributed by atoms with Crippen LogP contribution in [0.3, 0.4) is 0 Å². The fourth-order valence-electron chi connectivity index (χ4n) is 2.22. The number of amides is 2. The third-order valence-corrected chi connectivity index (χ3v) is 3.48. The first-order valence-corrected chi connectivity index (χ1v) is 7.65. The van der Waals surface area contributed by atoms with Gasteiger partial charge in [-0.15, -0.1) is 0 Å². The van der Waals surface area contributed by atoms with Gasteiger partial charge in [-0.1, -0.05) is 44.2 Å². The van der Waals surface area contributed by atoms with Gasteiger partial charge in [0.25, 0.3) is 0 Å². The molecular formula is C17H22N4O2. The van der Waals surface area contributed by atoms with E-state index in [1.807, 2.05) is 44.2 Å². The highest BCUT2D eigenvalue weighted by molar-refractivity contribution is 5.88. The Balaban J connectivity index is 1.89. The van der Waals surface area contributed by atoms with Crippen LogP contribution in [-0.2, 0) is 22.6 Å². The van der Waals surface area contributed by atoms with Gasteiger partial charge in [0.2, 0.25) is 11.8 Å². The lowest BCUT2D eigenvalue weighted by molar-refractivity contribution is -0.129. The van der Waals surface area contributed by atoms with Gasteiger partial charge >= 0.3 is 0 Å². The van der Waals surface area contributed by atoms with Gasteiger partial charge in [-0.2, -0.15) is 5.10 Å². The number of rotatable bonds is 7. The molecule has 0 aliphatic carbocycles. The van der Waals surface area contributed by atoms with Crippen molar-refractivity contribution in [3.63, 3.8) is 0 Å². The number of aromatic amines is 1. The summed E-state index contributed by atoms with van der Waals surface area (Å²) >= 11 is 0. The molecule has 122 valence electrons. The zero-order chi connectivity index (χ0) is 16.7. The number of benzene rings is 1. The van der Waals surface area contributed by atoms with Gasteiger partial charge in [0, 0.05) is 6.20 Å². The average Bonchev–Trinajstić information content (AvgIpc) is 3.04. The molecule has 6 heteroatoms. The number of nitrogens with one attached hydrogen (secondary N) is 3. The topological polar surface area (TPSA) is 86.9 Å². The van der Waals surface area contributed by atoms with Gasteiger partial charge in [-0.05, 0) is 17.5 Å². The molecule has 3 N–H and O–H groups in total. The Kier molecular flexibility index (Phi) is 5.91. The smallest absolute Gasteiger partial charge is 0.243 e. The van der Waals surface area contributed by atoms with E-state index in [2.05, 4.69) is 20.8 Å². The summed E-state index contributed by atoms with van der Waals surface area (Å²) in [5, 5.41) is 12.2. The SMILES string of the molecule is CC(C)C(NC(=O)Cc1ccccc1)C(=O)NCc1ccn[nH]1. The first kappa shape index (κ1) is 16.7. The third-order valence-electron chi connectivity index (χ3n) is 3.48. The normalized spacial score (nSPS) is 12.0. The number of nitrogens with zero attached hydrogens (tertiary/aromatic N) is 1. The number of hydrogen-bond donors (Lipinski definition) is 3. The Hall–Kier alpha value is -2.63. The molecule has 23 heavy (non-hydrogen) atoms. The first-order chi connectivity index (χ1) is 11.1. The lowest BCUT2D eigenvalue weighted by Crippen LogP contribution is -2.49. The third kappa shape index (κ3) is 5.25. The maximum absolute atomic E-state index is 12.3. The van der Waals surface area contributed by atoms with Crippen LogP contribution in [0.25, 0.3) is 0 Å². The van der Waals surface area contributed by atoms with E-state index in [0.717, 1.165) is 11.3 Å². The van der Waals surface area contributed by atoms with E-state index in [0.29, 0.717) is 6.54 Å². The summed E-state index contributed by atoms with van der Waals surface area (Å²) in [6.45, 7) is 4.17. The summed E-state index contributed by atoms with van der Waals surface area (Å²) in [6.07, 6.45) is 1.89. The highest BCUT2D eigenvalue weighted by atomic mass is 16.2. The van der Waals surface area contributed by atoms with Crippen molar-refractivity contribution in [2.75, 3.05) is 0 Å². The number of H-pyrrole nitrogens is 1. The molecule has 1 heterocycles. The van der Waals surface area contributed by atoms with Gasteiger partial charge in [-0.3, -0.25) is 14.7 Å². The molecule has 0 saturated heterocycles. The van der Waals surface area contributed by atoms with E-state index in [1.165, 1.54) is 0 Å². The summed E-state index contributed by atoms with van der Waals surface area (Å²) in [4.78, 5) is 24.5. The lowest BCUT2D eigenvalue weighted by atomic mass is 10.0. The first-order valence-electron chi connectivity index (χ1n) is 7.65. The second-order valence-corrected chi connectivity index (χ2v) is 5.75. The van der Waals surface area contributed by atoms with Gasteiger partial charge in [-0.25, -0.2) is 0 Å². The summed E-state index contributed by atoms with van der Waals surface area (Å²) in [5.41, 5.74) is 1.74. The van der Waals surface area contributed by atoms with Crippen molar-refractivity contribution in [1.29, 1.82) is 0 Å². The molecule has 0 fully saturated rings. The summed E-state index contributed by atoms with van der Waals surface area (Å²) in [6, 6.07) is 10.7. The van der Waals surface area contributed by atoms with Crippen molar-refractivity contribution in [2.24, 2.45) is 5.92 Å². The van der Waals surface area contributed by atoms with Crippen molar-refractivity contribution in [3.8, 4) is 0 Å². The van der Waals surface area contributed by atoms with Crippen LogP contribution < -0.4 is 10.6 Å². The van der Waals surface area contributed by atoms with Crippen molar-refractivity contribution in [2.45, 2.75) is 32.9 Å². The fraction of sp³-hybridized carbons (Fsp3) is 0.353. The van der Waals surface area contributed by atoms with Gasteiger partial charge < -0.3 is 10.6 Å². The van der Waals surface area contributed by atoms with Crippen molar-refractivity contribution < 1.29 is 9.59 Å². The second-order valence-electron chi connectivity index (χ2n) is 5.75. The van der Waals surface area contributed by atoms with E-state index in [9.17, 15) is 9.59 Å². The van der Waals surface area contributed by atoms with Crippen LogP contribution in [0.5, 0.6) is 0 Å². The minimum atomic E-state index is -0.561. The fourth-order valence-corrected chi connectivity index (χ4v) is 2.22. The van der Waals surface area contributed by atoms with Crippen LogP contribution in [0.1, 0.15) is 25.1 Å². The van der Waals surface area contributed by atoms with Crippen LogP contribution in [0, 0.1) is 5.92 Å². The van der Waals surface area contributed by atoms with Crippen LogP contribution in [0.2, 0.25) is 0 Å². The Morgan fingerprint density at radius 3 is 2.52 bits per heavy atom. The van der Waals surface area contributed by atoms with Crippen LogP contribution in [-0.4, -0.2) is 28.1 Å². The molecule has 0 bridgehead atoms. The molecule has 6 nitrogen and oxygen atoms in total. The molecule has 0 radical (unpaired) electrons. The quantitative estimate of drug-likeness (QED) is 0.722. The predicted molar refractivity (Wildman–Crippen MR) is 87.3 cm³/mol. The lowest BCUT2D eigenvalue weighted by Gasteiger charge is -2.21. The molecule has 1 atom stereocenters. The van der Waals surface area contributed by atoms with Crippen LogP contribution >= 0.6 is 0 Å². The number of carbonyl (C=O) groups excluding carboxylic acids is 2. The number of aromatic nitrogens is 2. The number of hydrogen-bond acceptors (Lipinski definition) is 3. The minimum absolute atomic E-state index is 0.00325. The maximum Gasteiger partial charge on any atom is 0.243 e. The monoisotopic (exact) mass is 314 g/mol. The molecule has 0 aliphatic heterocycles. The molecule has 0 spiro atoms. The summed E-state index contributed by atoms with van der Waals surface area (Å²) in [7, 11) is 0. The van der Waals surface area contributed by atoms with Crippen molar-refractivity contribution in [1.82, 2.24) is 20.8 Å². The largest absolute Gasteiger partial charge is 0.349 e. The Labute approximate surface area is 135 Å². The highest BCUT2D eigenvalue weighted by Crippen LogP contribution is 2.05. The molecule has 2 aromatic rings. The molecule has 1 aromatic heterocycles. The average molecular weight is 314 g/mol. The minimum Gasteiger partial charge on any atom is -0.349 e. The molecular weight excluding hydrogens is 292 g/mol. The molecule has 0 saturated carbocycles. The Morgan fingerprint density at radius 2 is 1.91 bits per heavy atom. The Bertz CT molecular complexity index is 623. The maximum atomic E-state index is 12.3. The van der Waals surface area contributed by atoms with Gasteiger partial charge in [0.1, 0.15) is 6.04 Å². The molecule has 2 rings (SSSR count). The van der Waals surface area contributed by atoms with E-state index in [1.54, 1.807) is 12.3 Å². The number of carbonyl (C=O) groups is 2. The molecule has 0 aliphatic rings. The summed E-state index contributed by atoms with van der Waals surface area (Å²) in [5.74, 6) is -0.362. The van der Waals surface area contributed by atoms with E-state index < -0.39 is 6.04 Å². The van der Waals surface area contributed by atoms with Gasteiger partial charge in [0.05, 0.1) is 18.7 Å². The molecule has 1 unspecified atom stereocenters. The highest BCUT2D eigenvalue weighted by Gasteiger charge is 2.23. The molecule has 2 amide bonds. The van der Waals surface area contributed by atoms with Crippen molar-refractivity contribution in [3.05, 3.63) is 53.9 Å². The second kappa shape index (κ2) is 8.12. The molecule has 1 aromatic carbocycles.